The van der Waals surface area contributed by atoms with Gasteiger partial charge in [-0.1, -0.05) is 18.2 Å². The van der Waals surface area contributed by atoms with Crippen LogP contribution in [0.3, 0.4) is 0 Å². The van der Waals surface area contributed by atoms with Gasteiger partial charge in [-0.15, -0.1) is 0 Å². The fourth-order valence-electron chi connectivity index (χ4n) is 2.17. The summed E-state index contributed by atoms with van der Waals surface area (Å²) in [5.41, 5.74) is 4.42. The van der Waals surface area contributed by atoms with Crippen LogP contribution in [-0.2, 0) is 6.54 Å². The number of aromatic nitrogens is 2. The van der Waals surface area contributed by atoms with Crippen LogP contribution in [0.4, 0.5) is 0 Å². The predicted octanol–water partition coefficient (Wildman–Crippen LogP) is 2.44. The van der Waals surface area contributed by atoms with Crippen LogP contribution in [0.1, 0.15) is 17.0 Å². The van der Waals surface area contributed by atoms with Crippen molar-refractivity contribution in [2.75, 3.05) is 13.6 Å². The van der Waals surface area contributed by atoms with Crippen LogP contribution in [0, 0.1) is 25.2 Å². The Bertz CT molecular complexity index is 593. The molecule has 0 unspecified atom stereocenters. The van der Waals surface area contributed by atoms with E-state index in [1.54, 1.807) is 0 Å². The maximum absolute atomic E-state index is 8.72. The molecule has 1 aromatic heterocycles. The van der Waals surface area contributed by atoms with Crippen molar-refractivity contribution in [2.24, 2.45) is 0 Å². The molecule has 0 saturated heterocycles. The monoisotopic (exact) mass is 254 g/mol. The smallest absolute Gasteiger partial charge is 0.0866 e. The first-order valence-electron chi connectivity index (χ1n) is 6.29. The summed E-state index contributed by atoms with van der Waals surface area (Å²) in [6.07, 6.45) is 0. The minimum Gasteiger partial charge on any atom is -0.289 e. The highest BCUT2D eigenvalue weighted by Crippen LogP contribution is 2.18. The summed E-state index contributed by atoms with van der Waals surface area (Å²) in [5, 5.41) is 13.3. The van der Waals surface area contributed by atoms with E-state index in [9.17, 15) is 0 Å². The molecule has 19 heavy (non-hydrogen) atoms. The molecule has 4 nitrogen and oxygen atoms in total. The maximum Gasteiger partial charge on any atom is 0.0866 e. The lowest BCUT2D eigenvalue weighted by Gasteiger charge is -2.12. The summed E-state index contributed by atoms with van der Waals surface area (Å²) in [7, 11) is 1.95. The first-order valence-corrected chi connectivity index (χ1v) is 6.29. The third kappa shape index (κ3) is 2.83. The van der Waals surface area contributed by atoms with Crippen molar-refractivity contribution in [1.29, 1.82) is 5.26 Å². The van der Waals surface area contributed by atoms with Gasteiger partial charge in [0.15, 0.2) is 0 Å². The fraction of sp³-hybridized carbons (Fsp3) is 0.333. The van der Waals surface area contributed by atoms with Gasteiger partial charge in [-0.2, -0.15) is 10.4 Å². The minimum absolute atomic E-state index is 0.426. The number of benzene rings is 1. The predicted molar refractivity (Wildman–Crippen MR) is 75.0 cm³/mol. The van der Waals surface area contributed by atoms with Crippen LogP contribution in [0.2, 0.25) is 0 Å². The zero-order valence-corrected chi connectivity index (χ0v) is 11.6. The molecule has 1 heterocycles. The standard InChI is InChI=1S/C15H18N4/c1-12-15(11-18(3)10-9-16)13(2)19(17-12)14-7-5-4-6-8-14/h4-8H,10-11H2,1-3H3. The molecule has 98 valence electrons. The van der Waals surface area contributed by atoms with E-state index < -0.39 is 0 Å². The van der Waals surface area contributed by atoms with Gasteiger partial charge in [-0.25, -0.2) is 4.68 Å². The van der Waals surface area contributed by atoms with Crippen LogP contribution in [0.15, 0.2) is 30.3 Å². The second-order valence-corrected chi connectivity index (χ2v) is 4.73. The Morgan fingerprint density at radius 2 is 1.95 bits per heavy atom. The summed E-state index contributed by atoms with van der Waals surface area (Å²) in [5.74, 6) is 0. The second kappa shape index (κ2) is 5.68. The van der Waals surface area contributed by atoms with E-state index in [2.05, 4.69) is 18.1 Å². The van der Waals surface area contributed by atoms with Gasteiger partial charge < -0.3 is 0 Å². The van der Waals surface area contributed by atoms with E-state index in [1.165, 1.54) is 5.56 Å². The molecule has 0 fully saturated rings. The Morgan fingerprint density at radius 3 is 2.58 bits per heavy atom. The Labute approximate surface area is 113 Å². The lowest BCUT2D eigenvalue weighted by Crippen LogP contribution is -2.18. The van der Waals surface area contributed by atoms with E-state index >= 15 is 0 Å². The number of rotatable bonds is 4. The maximum atomic E-state index is 8.72. The average Bonchev–Trinajstić information content (AvgIpc) is 2.68. The van der Waals surface area contributed by atoms with E-state index in [1.807, 2.05) is 53.9 Å². The lowest BCUT2D eigenvalue weighted by molar-refractivity contribution is 0.366. The third-order valence-electron chi connectivity index (χ3n) is 3.21. The van der Waals surface area contributed by atoms with Crippen molar-refractivity contribution in [1.82, 2.24) is 14.7 Å². The molecule has 0 aliphatic carbocycles. The van der Waals surface area contributed by atoms with Gasteiger partial charge in [-0.3, -0.25) is 4.90 Å². The van der Waals surface area contributed by atoms with Crippen molar-refractivity contribution < 1.29 is 0 Å². The fourth-order valence-corrected chi connectivity index (χ4v) is 2.17. The van der Waals surface area contributed by atoms with Crippen molar-refractivity contribution in [2.45, 2.75) is 20.4 Å². The molecule has 0 spiro atoms. The number of aryl methyl sites for hydroxylation is 1. The summed E-state index contributed by atoms with van der Waals surface area (Å²) in [6, 6.07) is 12.3. The van der Waals surface area contributed by atoms with Crippen LogP contribution in [0.25, 0.3) is 5.69 Å². The zero-order chi connectivity index (χ0) is 13.8. The molecular formula is C15H18N4. The van der Waals surface area contributed by atoms with E-state index in [4.69, 9.17) is 5.26 Å². The van der Waals surface area contributed by atoms with Crippen LogP contribution in [-0.4, -0.2) is 28.3 Å². The number of nitriles is 1. The summed E-state index contributed by atoms with van der Waals surface area (Å²) < 4.78 is 1.96. The van der Waals surface area contributed by atoms with Crippen molar-refractivity contribution in [3.8, 4) is 11.8 Å². The van der Waals surface area contributed by atoms with Crippen LogP contribution >= 0.6 is 0 Å². The topological polar surface area (TPSA) is 44.9 Å². The molecule has 4 heteroatoms. The van der Waals surface area contributed by atoms with Gasteiger partial charge in [-0.05, 0) is 33.0 Å². The van der Waals surface area contributed by atoms with Gasteiger partial charge in [0, 0.05) is 17.8 Å². The Kier molecular flexibility index (Phi) is 3.98. The van der Waals surface area contributed by atoms with Gasteiger partial charge in [0.25, 0.3) is 0 Å². The first-order chi connectivity index (χ1) is 9.13. The largest absolute Gasteiger partial charge is 0.289 e. The summed E-state index contributed by atoms with van der Waals surface area (Å²) in [6.45, 7) is 5.26. The highest BCUT2D eigenvalue weighted by atomic mass is 15.3. The summed E-state index contributed by atoms with van der Waals surface area (Å²) in [4.78, 5) is 1.99. The molecule has 0 aliphatic heterocycles. The lowest BCUT2D eigenvalue weighted by atomic mass is 10.2. The Morgan fingerprint density at radius 1 is 1.26 bits per heavy atom. The van der Waals surface area contributed by atoms with E-state index in [0.29, 0.717) is 6.54 Å². The molecule has 2 aromatic rings. The molecular weight excluding hydrogens is 236 g/mol. The molecule has 0 atom stereocenters. The van der Waals surface area contributed by atoms with Gasteiger partial charge in [0.05, 0.1) is 24.0 Å². The molecule has 1 aromatic carbocycles. The summed E-state index contributed by atoms with van der Waals surface area (Å²) >= 11 is 0. The Balaban J connectivity index is 2.33. The molecule has 0 saturated carbocycles. The van der Waals surface area contributed by atoms with Gasteiger partial charge in [0.2, 0.25) is 0 Å². The normalized spacial score (nSPS) is 10.7. The number of para-hydroxylation sites is 1. The van der Waals surface area contributed by atoms with Crippen molar-refractivity contribution in [3.05, 3.63) is 47.3 Å². The molecule has 0 bridgehead atoms. The molecule has 2 rings (SSSR count). The second-order valence-electron chi connectivity index (χ2n) is 4.73. The molecule has 0 N–H and O–H groups in total. The van der Waals surface area contributed by atoms with Crippen molar-refractivity contribution in [3.63, 3.8) is 0 Å². The van der Waals surface area contributed by atoms with Gasteiger partial charge >= 0.3 is 0 Å². The van der Waals surface area contributed by atoms with Crippen molar-refractivity contribution >= 4 is 0 Å². The molecule has 0 aliphatic rings. The van der Waals surface area contributed by atoms with Crippen LogP contribution < -0.4 is 0 Å². The molecule has 0 amide bonds. The average molecular weight is 254 g/mol. The minimum atomic E-state index is 0.426. The highest BCUT2D eigenvalue weighted by Gasteiger charge is 2.14. The SMILES string of the molecule is Cc1nn(-c2ccccc2)c(C)c1CN(C)CC#N. The van der Waals surface area contributed by atoms with E-state index in [0.717, 1.165) is 23.6 Å². The third-order valence-corrected chi connectivity index (χ3v) is 3.21. The quantitative estimate of drug-likeness (QED) is 0.787. The molecule has 0 radical (unpaired) electrons. The number of hydrogen-bond donors (Lipinski definition) is 0. The highest BCUT2D eigenvalue weighted by molar-refractivity contribution is 5.36. The Hall–Kier alpha value is -2.12. The van der Waals surface area contributed by atoms with Gasteiger partial charge in [0.1, 0.15) is 0 Å². The van der Waals surface area contributed by atoms with E-state index in [-0.39, 0.29) is 0 Å². The number of nitrogens with zero attached hydrogens (tertiary/aromatic N) is 4. The first kappa shape index (κ1) is 13.3. The number of hydrogen-bond acceptors (Lipinski definition) is 3. The van der Waals surface area contributed by atoms with Crippen LogP contribution in [0.5, 0.6) is 0 Å². The zero-order valence-electron chi connectivity index (χ0n) is 11.6.